The van der Waals surface area contributed by atoms with E-state index in [1.54, 1.807) is 35.5 Å². The summed E-state index contributed by atoms with van der Waals surface area (Å²) < 4.78 is 6.72. The molecule has 164 valence electrons. The third-order valence-corrected chi connectivity index (χ3v) is 6.27. The fraction of sp³-hybridized carbons (Fsp3) is 0.240. The summed E-state index contributed by atoms with van der Waals surface area (Å²) in [6, 6.07) is 16.7. The van der Waals surface area contributed by atoms with Gasteiger partial charge in [0.05, 0.1) is 23.4 Å². The minimum absolute atomic E-state index is 0.128. The van der Waals surface area contributed by atoms with Crippen LogP contribution in [0.2, 0.25) is 5.02 Å². The van der Waals surface area contributed by atoms with Gasteiger partial charge in [0.15, 0.2) is 5.13 Å². The van der Waals surface area contributed by atoms with Gasteiger partial charge in [0.2, 0.25) is 0 Å². The van der Waals surface area contributed by atoms with Crippen LogP contribution in [0.3, 0.4) is 0 Å². The first-order valence-corrected chi connectivity index (χ1v) is 11.8. The summed E-state index contributed by atoms with van der Waals surface area (Å²) in [6.45, 7) is 3.22. The van der Waals surface area contributed by atoms with Crippen molar-refractivity contribution < 1.29 is 9.53 Å². The first-order valence-electron chi connectivity index (χ1n) is 10.6. The number of amides is 1. The highest BCUT2D eigenvalue weighted by Gasteiger charge is 2.22. The largest absolute Gasteiger partial charge is 0.494 e. The minimum Gasteiger partial charge on any atom is -0.494 e. The molecule has 0 bridgehead atoms. The first kappa shape index (κ1) is 22.2. The van der Waals surface area contributed by atoms with Crippen LogP contribution in [0.25, 0.3) is 10.2 Å². The van der Waals surface area contributed by atoms with Crippen LogP contribution in [0.4, 0.5) is 5.13 Å². The molecule has 0 N–H and O–H groups in total. The van der Waals surface area contributed by atoms with Crippen molar-refractivity contribution in [1.82, 2.24) is 9.97 Å². The predicted molar refractivity (Wildman–Crippen MR) is 131 cm³/mol. The number of thiazole rings is 1. The lowest BCUT2D eigenvalue weighted by Gasteiger charge is -2.20. The van der Waals surface area contributed by atoms with Crippen molar-refractivity contribution in [1.29, 1.82) is 0 Å². The highest BCUT2D eigenvalue weighted by molar-refractivity contribution is 7.22. The van der Waals surface area contributed by atoms with Crippen LogP contribution in [0, 0.1) is 0 Å². The maximum absolute atomic E-state index is 13.5. The Bertz CT molecular complexity index is 1180. The lowest BCUT2D eigenvalue weighted by molar-refractivity contribution is 0.0985. The maximum atomic E-state index is 13.5. The molecule has 0 saturated heterocycles. The van der Waals surface area contributed by atoms with Gasteiger partial charge in [-0.05, 0) is 60.5 Å². The van der Waals surface area contributed by atoms with E-state index in [-0.39, 0.29) is 5.91 Å². The van der Waals surface area contributed by atoms with Crippen molar-refractivity contribution in [2.75, 3.05) is 11.5 Å². The molecule has 0 unspecified atom stereocenters. The second kappa shape index (κ2) is 10.6. The summed E-state index contributed by atoms with van der Waals surface area (Å²) in [7, 11) is 0. The molecule has 2 aromatic carbocycles. The highest BCUT2D eigenvalue weighted by Crippen LogP contribution is 2.32. The monoisotopic (exact) mass is 465 g/mol. The fourth-order valence-electron chi connectivity index (χ4n) is 3.29. The maximum Gasteiger partial charge on any atom is 0.260 e. The summed E-state index contributed by atoms with van der Waals surface area (Å²) in [5.74, 6) is 0.641. The molecule has 0 saturated carbocycles. The lowest BCUT2D eigenvalue weighted by Crippen LogP contribution is -2.30. The van der Waals surface area contributed by atoms with E-state index >= 15 is 0 Å². The molecule has 2 heterocycles. The Labute approximate surface area is 196 Å². The number of carbonyl (C=O) groups is 1. The fourth-order valence-corrected chi connectivity index (χ4v) is 4.53. The summed E-state index contributed by atoms with van der Waals surface area (Å²) >= 11 is 7.59. The minimum atomic E-state index is -0.128. The van der Waals surface area contributed by atoms with E-state index in [0.29, 0.717) is 28.9 Å². The van der Waals surface area contributed by atoms with Crippen LogP contribution in [-0.4, -0.2) is 22.5 Å². The summed E-state index contributed by atoms with van der Waals surface area (Å²) in [4.78, 5) is 24.1. The number of ether oxygens (including phenoxy) is 1. The topological polar surface area (TPSA) is 55.3 Å². The lowest BCUT2D eigenvalue weighted by atomic mass is 10.1. The average Bonchev–Trinajstić information content (AvgIpc) is 3.24. The molecule has 0 aliphatic carbocycles. The molecule has 0 aliphatic heterocycles. The third-order valence-electron chi connectivity index (χ3n) is 5.00. The number of nitrogens with zero attached hydrogens (tertiary/aromatic N) is 3. The number of unbranched alkanes of at least 4 members (excludes halogenated alkanes) is 2. The Balaban J connectivity index is 1.59. The van der Waals surface area contributed by atoms with Gasteiger partial charge in [-0.1, -0.05) is 48.8 Å². The summed E-state index contributed by atoms with van der Waals surface area (Å²) in [5, 5.41) is 1.27. The van der Waals surface area contributed by atoms with Gasteiger partial charge in [-0.3, -0.25) is 14.7 Å². The molecule has 2 aromatic heterocycles. The van der Waals surface area contributed by atoms with E-state index in [9.17, 15) is 4.79 Å². The molecule has 32 heavy (non-hydrogen) atoms. The second-order valence-electron chi connectivity index (χ2n) is 7.44. The van der Waals surface area contributed by atoms with Gasteiger partial charge in [-0.2, -0.15) is 0 Å². The zero-order valence-electron chi connectivity index (χ0n) is 17.8. The number of rotatable bonds is 9. The number of benzene rings is 2. The van der Waals surface area contributed by atoms with Crippen molar-refractivity contribution in [2.45, 2.75) is 32.7 Å². The van der Waals surface area contributed by atoms with Crippen LogP contribution in [-0.2, 0) is 6.54 Å². The standard InChI is InChI=1S/C25H24ClN3O2S/c1-2-3-4-14-31-21-10-7-19(8-11-21)24(30)29(17-18-6-5-13-27-16-18)25-28-22-12-9-20(26)15-23(22)32-25/h5-13,15-16H,2-4,14,17H2,1H3. The number of pyridine rings is 1. The molecule has 5 nitrogen and oxygen atoms in total. The zero-order chi connectivity index (χ0) is 22.3. The van der Waals surface area contributed by atoms with Crippen LogP contribution >= 0.6 is 22.9 Å². The van der Waals surface area contributed by atoms with Crippen LogP contribution in [0.1, 0.15) is 42.1 Å². The van der Waals surface area contributed by atoms with Gasteiger partial charge >= 0.3 is 0 Å². The third kappa shape index (κ3) is 5.44. The molecular formula is C25H24ClN3O2S. The van der Waals surface area contributed by atoms with E-state index in [1.807, 2.05) is 36.4 Å². The molecule has 4 rings (SSSR count). The first-order chi connectivity index (χ1) is 15.6. The van der Waals surface area contributed by atoms with E-state index in [2.05, 4.69) is 11.9 Å². The van der Waals surface area contributed by atoms with Crippen LogP contribution in [0.5, 0.6) is 5.75 Å². The zero-order valence-corrected chi connectivity index (χ0v) is 19.4. The Morgan fingerprint density at radius 2 is 1.97 bits per heavy atom. The van der Waals surface area contributed by atoms with Crippen molar-refractivity contribution >= 4 is 44.2 Å². The van der Waals surface area contributed by atoms with Gasteiger partial charge in [0.25, 0.3) is 5.91 Å². The molecule has 0 spiro atoms. The van der Waals surface area contributed by atoms with E-state index < -0.39 is 0 Å². The van der Waals surface area contributed by atoms with E-state index in [4.69, 9.17) is 21.3 Å². The highest BCUT2D eigenvalue weighted by atomic mass is 35.5. The van der Waals surface area contributed by atoms with Crippen molar-refractivity contribution in [2.24, 2.45) is 0 Å². The molecule has 0 aliphatic rings. The Hall–Kier alpha value is -2.96. The van der Waals surface area contributed by atoms with Crippen molar-refractivity contribution in [3.8, 4) is 5.75 Å². The number of fused-ring (bicyclic) bond motifs is 1. The molecule has 1 amide bonds. The number of hydrogen-bond acceptors (Lipinski definition) is 5. The van der Waals surface area contributed by atoms with Crippen molar-refractivity contribution in [3.63, 3.8) is 0 Å². The van der Waals surface area contributed by atoms with Gasteiger partial charge in [0, 0.05) is 23.0 Å². The smallest absolute Gasteiger partial charge is 0.260 e. The van der Waals surface area contributed by atoms with Gasteiger partial charge < -0.3 is 4.74 Å². The van der Waals surface area contributed by atoms with Crippen molar-refractivity contribution in [3.05, 3.63) is 83.1 Å². The van der Waals surface area contributed by atoms with E-state index in [0.717, 1.165) is 40.8 Å². The Morgan fingerprint density at radius 3 is 2.72 bits per heavy atom. The molecule has 7 heteroatoms. The number of anilines is 1. The van der Waals surface area contributed by atoms with Gasteiger partial charge in [-0.25, -0.2) is 4.98 Å². The number of halogens is 1. The Kier molecular flexibility index (Phi) is 7.35. The summed E-state index contributed by atoms with van der Waals surface area (Å²) in [6.07, 6.45) is 6.80. The molecule has 0 atom stereocenters. The Morgan fingerprint density at radius 1 is 1.12 bits per heavy atom. The SMILES string of the molecule is CCCCCOc1ccc(C(=O)N(Cc2cccnc2)c2nc3ccc(Cl)cc3s2)cc1. The second-order valence-corrected chi connectivity index (χ2v) is 8.89. The predicted octanol–water partition coefficient (Wildman–Crippen LogP) is 6.76. The van der Waals surface area contributed by atoms with Gasteiger partial charge in [0.1, 0.15) is 5.75 Å². The van der Waals surface area contributed by atoms with Gasteiger partial charge in [-0.15, -0.1) is 0 Å². The molecule has 4 aromatic rings. The average molecular weight is 466 g/mol. The summed E-state index contributed by atoms with van der Waals surface area (Å²) in [5.41, 5.74) is 2.32. The number of aromatic nitrogens is 2. The van der Waals surface area contributed by atoms with E-state index in [1.165, 1.54) is 11.3 Å². The number of carbonyl (C=O) groups excluding carboxylic acids is 1. The molecule has 0 fully saturated rings. The number of hydrogen-bond donors (Lipinski definition) is 0. The van der Waals surface area contributed by atoms with Crippen LogP contribution in [0.15, 0.2) is 67.0 Å². The van der Waals surface area contributed by atoms with Crippen LogP contribution < -0.4 is 9.64 Å². The normalized spacial score (nSPS) is 10.9. The molecule has 0 radical (unpaired) electrons. The quantitative estimate of drug-likeness (QED) is 0.256. The molecular weight excluding hydrogens is 442 g/mol.